The zero-order chi connectivity index (χ0) is 15.1. The second kappa shape index (κ2) is 4.80. The van der Waals surface area contributed by atoms with Gasteiger partial charge >= 0.3 is 0 Å². The van der Waals surface area contributed by atoms with Crippen molar-refractivity contribution >= 4 is 16.9 Å². The first-order valence-corrected chi connectivity index (χ1v) is 7.03. The lowest BCUT2D eigenvalue weighted by molar-refractivity contribution is -0.126. The molecule has 0 saturated carbocycles. The molecule has 0 fully saturated rings. The lowest BCUT2D eigenvalue weighted by atomic mass is 10.1. The van der Waals surface area contributed by atoms with Crippen LogP contribution in [0.2, 0.25) is 0 Å². The van der Waals surface area contributed by atoms with E-state index in [0.29, 0.717) is 13.1 Å². The molecule has 3 aromatic rings. The lowest BCUT2D eigenvalue weighted by Gasteiger charge is -2.26. The number of aromatic nitrogens is 5. The molecule has 0 unspecified atom stereocenters. The molecule has 1 amide bonds. The van der Waals surface area contributed by atoms with Gasteiger partial charge in [0.05, 0.1) is 23.8 Å². The fraction of sp³-hybridized carbons (Fsp3) is 0.200. The molecular formula is C15H14N6O. The second-order valence-electron chi connectivity index (χ2n) is 5.18. The van der Waals surface area contributed by atoms with Crippen LogP contribution in [0.4, 0.5) is 0 Å². The van der Waals surface area contributed by atoms with Gasteiger partial charge in [0.15, 0.2) is 5.82 Å². The van der Waals surface area contributed by atoms with Crippen LogP contribution < -0.4 is 0 Å². The molecule has 110 valence electrons. The fourth-order valence-corrected chi connectivity index (χ4v) is 2.83. The Morgan fingerprint density at radius 1 is 1.41 bits per heavy atom. The quantitative estimate of drug-likeness (QED) is 0.721. The maximum absolute atomic E-state index is 11.9. The molecule has 0 aromatic carbocycles. The van der Waals surface area contributed by atoms with Crippen molar-refractivity contribution in [2.45, 2.75) is 13.0 Å². The zero-order valence-corrected chi connectivity index (χ0v) is 11.9. The molecule has 0 atom stereocenters. The summed E-state index contributed by atoms with van der Waals surface area (Å²) in [5.74, 6) is 0.660. The molecule has 4 heterocycles. The zero-order valence-electron chi connectivity index (χ0n) is 11.9. The highest BCUT2D eigenvalue weighted by Crippen LogP contribution is 2.24. The maximum Gasteiger partial charge on any atom is 0.246 e. The number of amides is 1. The van der Waals surface area contributed by atoms with E-state index in [1.54, 1.807) is 9.58 Å². The number of rotatable bonds is 2. The number of nitrogens with zero attached hydrogens (tertiary/aromatic N) is 5. The summed E-state index contributed by atoms with van der Waals surface area (Å²) in [5, 5.41) is 5.37. The Kier molecular flexibility index (Phi) is 2.78. The predicted molar refractivity (Wildman–Crippen MR) is 80.3 cm³/mol. The standard InChI is InChI=1S/C15H14N6O/c1-2-13(22)20-6-4-10-7-19-21(12(10)8-20)15-11-3-5-16-14(11)17-9-18-15/h2-3,5,7,9H,1,4,6,8H2,(H,16,17,18). The second-order valence-corrected chi connectivity index (χ2v) is 5.18. The van der Waals surface area contributed by atoms with Gasteiger partial charge in [0.2, 0.25) is 5.91 Å². The van der Waals surface area contributed by atoms with Crippen LogP contribution in [0.5, 0.6) is 0 Å². The minimum atomic E-state index is -0.0621. The summed E-state index contributed by atoms with van der Waals surface area (Å²) in [6, 6.07) is 1.92. The number of aromatic amines is 1. The van der Waals surface area contributed by atoms with Crippen LogP contribution in [-0.4, -0.2) is 42.1 Å². The summed E-state index contributed by atoms with van der Waals surface area (Å²) in [5.41, 5.74) is 2.90. The van der Waals surface area contributed by atoms with E-state index in [1.165, 1.54) is 12.4 Å². The van der Waals surface area contributed by atoms with E-state index >= 15 is 0 Å². The Morgan fingerprint density at radius 3 is 3.18 bits per heavy atom. The molecule has 1 N–H and O–H groups in total. The lowest BCUT2D eigenvalue weighted by Crippen LogP contribution is -2.35. The van der Waals surface area contributed by atoms with Crippen molar-refractivity contribution in [3.8, 4) is 5.82 Å². The third-order valence-corrected chi connectivity index (χ3v) is 3.97. The summed E-state index contributed by atoms with van der Waals surface area (Å²) >= 11 is 0. The van der Waals surface area contributed by atoms with Crippen LogP contribution in [-0.2, 0) is 17.8 Å². The van der Waals surface area contributed by atoms with Crippen LogP contribution in [0.25, 0.3) is 16.9 Å². The van der Waals surface area contributed by atoms with Crippen molar-refractivity contribution in [1.82, 2.24) is 29.6 Å². The van der Waals surface area contributed by atoms with Gasteiger partial charge in [0.25, 0.3) is 0 Å². The van der Waals surface area contributed by atoms with E-state index in [2.05, 4.69) is 26.6 Å². The average Bonchev–Trinajstić information content (AvgIpc) is 3.19. The van der Waals surface area contributed by atoms with Crippen molar-refractivity contribution in [2.75, 3.05) is 6.54 Å². The number of hydrogen-bond donors (Lipinski definition) is 1. The van der Waals surface area contributed by atoms with E-state index in [1.807, 2.05) is 18.5 Å². The van der Waals surface area contributed by atoms with Crippen molar-refractivity contribution in [3.63, 3.8) is 0 Å². The van der Waals surface area contributed by atoms with Gasteiger partial charge in [-0.15, -0.1) is 0 Å². The molecule has 0 radical (unpaired) electrons. The predicted octanol–water partition coefficient (Wildman–Crippen LogP) is 1.21. The number of H-pyrrole nitrogens is 1. The third-order valence-electron chi connectivity index (χ3n) is 3.97. The number of carbonyl (C=O) groups excluding carboxylic acids is 1. The maximum atomic E-state index is 11.9. The van der Waals surface area contributed by atoms with Gasteiger partial charge < -0.3 is 9.88 Å². The molecule has 0 bridgehead atoms. The van der Waals surface area contributed by atoms with E-state index in [4.69, 9.17) is 0 Å². The molecule has 1 aliphatic heterocycles. The van der Waals surface area contributed by atoms with Gasteiger partial charge in [0, 0.05) is 12.7 Å². The number of carbonyl (C=O) groups is 1. The highest BCUT2D eigenvalue weighted by molar-refractivity contribution is 5.87. The van der Waals surface area contributed by atoms with Gasteiger partial charge in [-0.1, -0.05) is 6.58 Å². The molecule has 0 aliphatic carbocycles. The van der Waals surface area contributed by atoms with E-state index in [9.17, 15) is 4.79 Å². The fourth-order valence-electron chi connectivity index (χ4n) is 2.83. The molecule has 0 spiro atoms. The molecule has 4 rings (SSSR count). The van der Waals surface area contributed by atoms with Crippen molar-refractivity contribution in [2.24, 2.45) is 0 Å². The smallest absolute Gasteiger partial charge is 0.246 e. The Labute approximate surface area is 126 Å². The van der Waals surface area contributed by atoms with Crippen LogP contribution in [0.1, 0.15) is 11.3 Å². The van der Waals surface area contributed by atoms with Gasteiger partial charge in [-0.2, -0.15) is 5.10 Å². The first-order chi connectivity index (χ1) is 10.8. The number of fused-ring (bicyclic) bond motifs is 2. The Bertz CT molecular complexity index is 877. The van der Waals surface area contributed by atoms with Crippen molar-refractivity contribution < 1.29 is 4.79 Å². The molecule has 1 aliphatic rings. The van der Waals surface area contributed by atoms with E-state index < -0.39 is 0 Å². The minimum absolute atomic E-state index is 0.0621. The normalized spacial score (nSPS) is 14.1. The van der Waals surface area contributed by atoms with E-state index in [0.717, 1.165) is 34.5 Å². The minimum Gasteiger partial charge on any atom is -0.346 e. The van der Waals surface area contributed by atoms with Gasteiger partial charge in [0.1, 0.15) is 12.0 Å². The summed E-state index contributed by atoms with van der Waals surface area (Å²) in [6.07, 6.45) is 7.33. The van der Waals surface area contributed by atoms with Crippen LogP contribution >= 0.6 is 0 Å². The third kappa shape index (κ3) is 1.82. The average molecular weight is 294 g/mol. The summed E-state index contributed by atoms with van der Waals surface area (Å²) in [6.45, 7) is 4.75. The van der Waals surface area contributed by atoms with Crippen LogP contribution in [0.15, 0.2) is 37.4 Å². The first-order valence-electron chi connectivity index (χ1n) is 7.03. The Balaban J connectivity index is 1.82. The molecule has 0 saturated heterocycles. The van der Waals surface area contributed by atoms with Crippen LogP contribution in [0.3, 0.4) is 0 Å². The van der Waals surface area contributed by atoms with E-state index in [-0.39, 0.29) is 5.91 Å². The Morgan fingerprint density at radius 2 is 2.32 bits per heavy atom. The molecular weight excluding hydrogens is 280 g/mol. The van der Waals surface area contributed by atoms with Crippen molar-refractivity contribution in [3.05, 3.63) is 48.7 Å². The number of hydrogen-bond acceptors (Lipinski definition) is 4. The van der Waals surface area contributed by atoms with Crippen molar-refractivity contribution in [1.29, 1.82) is 0 Å². The molecule has 7 nitrogen and oxygen atoms in total. The molecule has 3 aromatic heterocycles. The SMILES string of the molecule is C=CC(=O)N1CCc2cnn(-c3ncnc4[nH]ccc34)c2C1. The Hall–Kier alpha value is -2.96. The highest BCUT2D eigenvalue weighted by atomic mass is 16.2. The van der Waals surface area contributed by atoms with Gasteiger partial charge in [-0.05, 0) is 24.1 Å². The first kappa shape index (κ1) is 12.8. The molecule has 22 heavy (non-hydrogen) atoms. The highest BCUT2D eigenvalue weighted by Gasteiger charge is 2.24. The largest absolute Gasteiger partial charge is 0.346 e. The molecule has 7 heteroatoms. The number of nitrogens with one attached hydrogen (secondary N) is 1. The summed E-state index contributed by atoms with van der Waals surface area (Å²) < 4.78 is 1.80. The summed E-state index contributed by atoms with van der Waals surface area (Å²) in [4.78, 5) is 25.3. The van der Waals surface area contributed by atoms with Crippen LogP contribution in [0, 0.1) is 0 Å². The summed E-state index contributed by atoms with van der Waals surface area (Å²) in [7, 11) is 0. The monoisotopic (exact) mass is 294 g/mol. The topological polar surface area (TPSA) is 79.7 Å². The van der Waals surface area contributed by atoms with Gasteiger partial charge in [-0.25, -0.2) is 14.6 Å². The van der Waals surface area contributed by atoms with Gasteiger partial charge in [-0.3, -0.25) is 4.79 Å².